The van der Waals surface area contributed by atoms with Crippen molar-refractivity contribution in [1.82, 2.24) is 9.97 Å². The third kappa shape index (κ3) is 4.47. The van der Waals surface area contributed by atoms with Gasteiger partial charge in [0.2, 0.25) is 5.91 Å². The lowest BCUT2D eigenvalue weighted by molar-refractivity contribution is -0.114. The fraction of sp³-hybridized carbons (Fsp3) is 0.0909. The molecular weight excluding hydrogens is 382 g/mol. The van der Waals surface area contributed by atoms with Gasteiger partial charge in [-0.05, 0) is 36.2 Å². The normalized spacial score (nSPS) is 11.1. The number of aryl methyl sites for hydroxylation is 1. The van der Waals surface area contributed by atoms with E-state index in [4.69, 9.17) is 0 Å². The summed E-state index contributed by atoms with van der Waals surface area (Å²) in [5, 5.41) is 8.01. The molecule has 0 radical (unpaired) electrons. The van der Waals surface area contributed by atoms with Crippen LogP contribution in [0, 0.1) is 6.92 Å². The number of fused-ring (bicyclic) bond motifs is 1. The number of hydrogen-bond acceptors (Lipinski definition) is 6. The lowest BCUT2D eigenvalue weighted by atomic mass is 10.2. The molecule has 29 heavy (non-hydrogen) atoms. The maximum Gasteiger partial charge on any atom is 0.221 e. The highest BCUT2D eigenvalue weighted by atomic mass is 32.1. The van der Waals surface area contributed by atoms with Gasteiger partial charge in [-0.3, -0.25) is 10.2 Å². The average Bonchev–Trinajstić information content (AvgIpc) is 3.14. The molecular formula is C22H19N5OS. The first kappa shape index (κ1) is 18.8. The van der Waals surface area contributed by atoms with Crippen molar-refractivity contribution in [2.45, 2.75) is 13.8 Å². The van der Waals surface area contributed by atoms with Crippen LogP contribution in [0.3, 0.4) is 0 Å². The van der Waals surface area contributed by atoms with Crippen LogP contribution in [0.15, 0.2) is 65.8 Å². The van der Waals surface area contributed by atoms with Gasteiger partial charge < -0.3 is 5.32 Å². The summed E-state index contributed by atoms with van der Waals surface area (Å²) in [6.45, 7) is 3.36. The number of anilines is 2. The zero-order valence-electron chi connectivity index (χ0n) is 16.0. The summed E-state index contributed by atoms with van der Waals surface area (Å²) >= 11 is 1.64. The Morgan fingerprint density at radius 2 is 1.83 bits per heavy atom. The van der Waals surface area contributed by atoms with E-state index in [9.17, 15) is 4.79 Å². The van der Waals surface area contributed by atoms with Gasteiger partial charge in [-0.15, -0.1) is 11.3 Å². The molecule has 0 fully saturated rings. The Kier molecular flexibility index (Phi) is 5.31. The van der Waals surface area contributed by atoms with Gasteiger partial charge in [0, 0.05) is 17.5 Å². The maximum absolute atomic E-state index is 11.1. The van der Waals surface area contributed by atoms with E-state index in [0.717, 1.165) is 31.9 Å². The molecule has 0 spiro atoms. The maximum atomic E-state index is 11.1. The number of thiophene rings is 1. The van der Waals surface area contributed by atoms with Crippen LogP contribution in [0.25, 0.3) is 20.7 Å². The van der Waals surface area contributed by atoms with E-state index in [-0.39, 0.29) is 5.91 Å². The van der Waals surface area contributed by atoms with Crippen LogP contribution in [-0.4, -0.2) is 22.1 Å². The third-order valence-electron chi connectivity index (χ3n) is 4.18. The Morgan fingerprint density at radius 3 is 2.55 bits per heavy atom. The van der Waals surface area contributed by atoms with Gasteiger partial charge in [0.1, 0.15) is 10.7 Å². The Hall–Kier alpha value is -3.58. The topological polar surface area (TPSA) is 79.3 Å². The number of aromatic nitrogens is 2. The summed E-state index contributed by atoms with van der Waals surface area (Å²) < 4.78 is 0. The molecule has 2 aromatic heterocycles. The zero-order chi connectivity index (χ0) is 20.2. The number of hydrazone groups is 1. The molecule has 2 N–H and O–H groups in total. The second kappa shape index (κ2) is 8.20. The van der Waals surface area contributed by atoms with Crippen molar-refractivity contribution in [3.05, 3.63) is 72.1 Å². The Bertz CT molecular complexity index is 1180. The smallest absolute Gasteiger partial charge is 0.221 e. The van der Waals surface area contributed by atoms with E-state index in [1.165, 1.54) is 6.92 Å². The van der Waals surface area contributed by atoms with E-state index < -0.39 is 0 Å². The number of carbonyl (C=O) groups excluding carboxylic acids is 1. The lowest BCUT2D eigenvalue weighted by Crippen LogP contribution is -2.05. The largest absolute Gasteiger partial charge is 0.326 e. The summed E-state index contributed by atoms with van der Waals surface area (Å²) in [5.74, 6) is 1.27. The molecule has 0 aliphatic heterocycles. The molecule has 0 saturated heterocycles. The van der Waals surface area contributed by atoms with Crippen LogP contribution in [-0.2, 0) is 4.79 Å². The van der Waals surface area contributed by atoms with Gasteiger partial charge in [-0.25, -0.2) is 9.97 Å². The van der Waals surface area contributed by atoms with Crippen molar-refractivity contribution >= 4 is 45.2 Å². The molecule has 2 heterocycles. The van der Waals surface area contributed by atoms with E-state index in [1.54, 1.807) is 17.6 Å². The standard InChI is InChI=1S/C22H19N5OS/c1-14-24-21(27-23-13-16-8-10-18(11-9-16)26-15(2)28)19-12-20(29-22(19)25-14)17-6-4-3-5-7-17/h3-13H,1-2H3,(H,26,28)(H,24,25,27)/b23-13-. The summed E-state index contributed by atoms with van der Waals surface area (Å²) in [6.07, 6.45) is 1.71. The average molecular weight is 401 g/mol. The number of rotatable bonds is 5. The first-order chi connectivity index (χ1) is 14.1. The lowest BCUT2D eigenvalue weighted by Gasteiger charge is -2.03. The minimum Gasteiger partial charge on any atom is -0.326 e. The predicted molar refractivity (Wildman–Crippen MR) is 120 cm³/mol. The van der Waals surface area contributed by atoms with Gasteiger partial charge in [0.25, 0.3) is 0 Å². The van der Waals surface area contributed by atoms with Gasteiger partial charge in [-0.2, -0.15) is 5.10 Å². The fourth-order valence-corrected chi connectivity index (χ4v) is 3.96. The van der Waals surface area contributed by atoms with Crippen molar-refractivity contribution < 1.29 is 4.79 Å². The summed E-state index contributed by atoms with van der Waals surface area (Å²) in [5.41, 5.74) is 5.86. The second-order valence-electron chi connectivity index (χ2n) is 6.49. The van der Waals surface area contributed by atoms with E-state index in [1.807, 2.05) is 49.4 Å². The Morgan fingerprint density at radius 1 is 1.07 bits per heavy atom. The van der Waals surface area contributed by atoms with Gasteiger partial charge in [-0.1, -0.05) is 42.5 Å². The summed E-state index contributed by atoms with van der Waals surface area (Å²) in [4.78, 5) is 22.2. The number of nitrogens with zero attached hydrogens (tertiary/aromatic N) is 3. The molecule has 0 atom stereocenters. The molecule has 7 heteroatoms. The molecule has 0 saturated carbocycles. The molecule has 0 unspecified atom stereocenters. The van der Waals surface area contributed by atoms with Crippen molar-refractivity contribution in [3.8, 4) is 10.4 Å². The molecule has 6 nitrogen and oxygen atoms in total. The Balaban J connectivity index is 1.56. The predicted octanol–water partition coefficient (Wildman–Crippen LogP) is 5.07. The van der Waals surface area contributed by atoms with Crippen LogP contribution < -0.4 is 10.7 Å². The number of nitrogens with one attached hydrogen (secondary N) is 2. The van der Waals surface area contributed by atoms with Gasteiger partial charge in [0.15, 0.2) is 5.82 Å². The Labute approximate surface area is 172 Å². The van der Waals surface area contributed by atoms with E-state index >= 15 is 0 Å². The van der Waals surface area contributed by atoms with Crippen LogP contribution in [0.4, 0.5) is 11.5 Å². The molecule has 2 aromatic carbocycles. The first-order valence-corrected chi connectivity index (χ1v) is 9.90. The summed E-state index contributed by atoms with van der Waals surface area (Å²) in [6, 6.07) is 19.8. The highest BCUT2D eigenvalue weighted by Gasteiger charge is 2.11. The molecule has 4 aromatic rings. The molecule has 0 aliphatic carbocycles. The highest BCUT2D eigenvalue weighted by Crippen LogP contribution is 2.35. The number of carbonyl (C=O) groups is 1. The summed E-state index contributed by atoms with van der Waals surface area (Å²) in [7, 11) is 0. The molecule has 0 aliphatic rings. The van der Waals surface area contributed by atoms with E-state index in [2.05, 4.69) is 44.0 Å². The van der Waals surface area contributed by atoms with Gasteiger partial charge >= 0.3 is 0 Å². The van der Waals surface area contributed by atoms with Crippen molar-refractivity contribution in [3.63, 3.8) is 0 Å². The van der Waals surface area contributed by atoms with Crippen LogP contribution in [0.5, 0.6) is 0 Å². The molecule has 0 bridgehead atoms. The fourth-order valence-electron chi connectivity index (χ4n) is 2.88. The van der Waals surface area contributed by atoms with Crippen LogP contribution in [0.2, 0.25) is 0 Å². The SMILES string of the molecule is CC(=O)Nc1ccc(/C=N\Nc2nc(C)nc3sc(-c4ccccc4)cc23)cc1. The van der Waals surface area contributed by atoms with Crippen molar-refractivity contribution in [1.29, 1.82) is 0 Å². The van der Waals surface area contributed by atoms with Crippen LogP contribution in [0.1, 0.15) is 18.3 Å². The minimum absolute atomic E-state index is 0.0955. The minimum atomic E-state index is -0.0955. The third-order valence-corrected chi connectivity index (χ3v) is 5.26. The second-order valence-corrected chi connectivity index (χ2v) is 7.52. The number of benzene rings is 2. The molecule has 144 valence electrons. The monoisotopic (exact) mass is 401 g/mol. The number of hydrogen-bond donors (Lipinski definition) is 2. The van der Waals surface area contributed by atoms with E-state index in [0.29, 0.717) is 11.6 Å². The zero-order valence-corrected chi connectivity index (χ0v) is 16.8. The van der Waals surface area contributed by atoms with Crippen molar-refractivity contribution in [2.75, 3.05) is 10.7 Å². The number of amides is 1. The quantitative estimate of drug-likeness (QED) is 0.361. The first-order valence-electron chi connectivity index (χ1n) is 9.09. The van der Waals surface area contributed by atoms with Gasteiger partial charge in [0.05, 0.1) is 11.6 Å². The van der Waals surface area contributed by atoms with Crippen LogP contribution >= 0.6 is 11.3 Å². The highest BCUT2D eigenvalue weighted by molar-refractivity contribution is 7.21. The van der Waals surface area contributed by atoms with Crippen molar-refractivity contribution in [2.24, 2.45) is 5.10 Å². The molecule has 1 amide bonds. The molecule has 4 rings (SSSR count).